The Bertz CT molecular complexity index is 759. The third-order valence-corrected chi connectivity index (χ3v) is 4.88. The molecule has 0 spiro atoms. The number of halogens is 1. The van der Waals surface area contributed by atoms with Gasteiger partial charge in [0.1, 0.15) is 5.82 Å². The number of ether oxygens (including phenoxy) is 1. The zero-order valence-electron chi connectivity index (χ0n) is 14.6. The number of methoxy groups -OCH3 is 1. The first-order chi connectivity index (χ1) is 12.1. The molecule has 1 atom stereocenters. The third kappa shape index (κ3) is 4.92. The lowest BCUT2D eigenvalue weighted by atomic mass is 9.91. The van der Waals surface area contributed by atoms with Crippen molar-refractivity contribution in [2.24, 2.45) is 5.92 Å². The second-order valence-corrected chi connectivity index (χ2v) is 6.80. The highest BCUT2D eigenvalue weighted by molar-refractivity contribution is 5.20. The number of H-pyrrole nitrogens is 1. The first kappa shape index (κ1) is 17.7. The van der Waals surface area contributed by atoms with E-state index >= 15 is 0 Å². The summed E-state index contributed by atoms with van der Waals surface area (Å²) in [5.41, 5.74) is 1.89. The van der Waals surface area contributed by atoms with Crippen LogP contribution in [0.5, 0.6) is 5.75 Å². The monoisotopic (exact) mass is 344 g/mol. The van der Waals surface area contributed by atoms with Crippen LogP contribution >= 0.6 is 0 Å². The van der Waals surface area contributed by atoms with Gasteiger partial charge in [0.15, 0.2) is 5.75 Å². The number of rotatable bonds is 6. The van der Waals surface area contributed by atoms with Gasteiger partial charge < -0.3 is 9.72 Å². The number of likely N-dealkylation sites (tertiary alicyclic amines) is 1. The first-order valence-corrected chi connectivity index (χ1v) is 8.86. The van der Waals surface area contributed by atoms with Crippen molar-refractivity contribution >= 4 is 0 Å². The van der Waals surface area contributed by atoms with Crippen LogP contribution in [0.4, 0.5) is 4.39 Å². The summed E-state index contributed by atoms with van der Waals surface area (Å²) in [5.74, 6) is 0.795. The number of aromatic amines is 1. The van der Waals surface area contributed by atoms with E-state index in [1.54, 1.807) is 24.4 Å². The van der Waals surface area contributed by atoms with E-state index in [0.717, 1.165) is 50.2 Å². The zero-order chi connectivity index (χ0) is 17.6. The van der Waals surface area contributed by atoms with Crippen LogP contribution in [0, 0.1) is 11.7 Å². The smallest absolute Gasteiger partial charge is 0.223 e. The van der Waals surface area contributed by atoms with Gasteiger partial charge in [0.05, 0.1) is 7.11 Å². The van der Waals surface area contributed by atoms with E-state index in [9.17, 15) is 9.18 Å². The van der Waals surface area contributed by atoms with E-state index < -0.39 is 0 Å². The van der Waals surface area contributed by atoms with Gasteiger partial charge in [-0.2, -0.15) is 0 Å². The summed E-state index contributed by atoms with van der Waals surface area (Å²) in [6, 6.07) is 8.50. The van der Waals surface area contributed by atoms with E-state index in [1.165, 1.54) is 19.6 Å². The van der Waals surface area contributed by atoms with Gasteiger partial charge in [-0.1, -0.05) is 12.1 Å². The van der Waals surface area contributed by atoms with Gasteiger partial charge in [-0.15, -0.1) is 0 Å². The maximum absolute atomic E-state index is 13.3. The quantitative estimate of drug-likeness (QED) is 0.874. The summed E-state index contributed by atoms with van der Waals surface area (Å²) < 4.78 is 18.3. The van der Waals surface area contributed by atoms with Crippen molar-refractivity contribution in [1.82, 2.24) is 9.88 Å². The standard InChI is InChI=1S/C20H25FN2O2/c1-25-20-12-22-18(11-19(20)24)14-23-9-3-5-16(13-23)8-7-15-4-2-6-17(21)10-15/h2,4,6,10-12,16H,3,5,7-9,13-14H2,1H3,(H,22,24)/t16-/m1/s1. The Kier molecular flexibility index (Phi) is 5.87. The van der Waals surface area contributed by atoms with Crippen LogP contribution in [0.1, 0.15) is 30.5 Å². The molecule has 1 aliphatic heterocycles. The van der Waals surface area contributed by atoms with Crippen molar-refractivity contribution in [3.63, 3.8) is 0 Å². The molecule has 0 aliphatic carbocycles. The van der Waals surface area contributed by atoms with Crippen molar-refractivity contribution in [2.75, 3.05) is 20.2 Å². The minimum absolute atomic E-state index is 0.0871. The van der Waals surface area contributed by atoms with Gasteiger partial charge in [0.2, 0.25) is 5.43 Å². The van der Waals surface area contributed by atoms with Crippen LogP contribution in [-0.4, -0.2) is 30.1 Å². The van der Waals surface area contributed by atoms with Crippen molar-refractivity contribution < 1.29 is 9.13 Å². The summed E-state index contributed by atoms with van der Waals surface area (Å²) in [5, 5.41) is 0. The molecule has 2 aromatic rings. The highest BCUT2D eigenvalue weighted by Gasteiger charge is 2.20. The average molecular weight is 344 g/mol. The SMILES string of the molecule is COc1c[nH]c(CN2CCC[C@H](CCc3cccc(F)c3)C2)cc1=O. The fourth-order valence-corrected chi connectivity index (χ4v) is 3.59. The van der Waals surface area contributed by atoms with Crippen LogP contribution in [-0.2, 0) is 13.0 Å². The van der Waals surface area contributed by atoms with Crippen LogP contribution < -0.4 is 10.2 Å². The van der Waals surface area contributed by atoms with E-state index in [-0.39, 0.29) is 11.2 Å². The van der Waals surface area contributed by atoms with Gasteiger partial charge in [0, 0.05) is 31.0 Å². The number of nitrogens with one attached hydrogen (secondary N) is 1. The summed E-state index contributed by atoms with van der Waals surface area (Å²) in [6.45, 7) is 2.81. The van der Waals surface area contributed by atoms with E-state index in [4.69, 9.17) is 4.74 Å². The molecular weight excluding hydrogens is 319 g/mol. The molecule has 0 bridgehead atoms. The topological polar surface area (TPSA) is 45.3 Å². The van der Waals surface area contributed by atoms with Crippen LogP contribution in [0.2, 0.25) is 0 Å². The molecule has 1 N–H and O–H groups in total. The molecule has 0 saturated carbocycles. The molecule has 0 amide bonds. The molecule has 1 saturated heterocycles. The molecule has 4 nitrogen and oxygen atoms in total. The molecule has 2 heterocycles. The number of piperidine rings is 1. The highest BCUT2D eigenvalue weighted by Crippen LogP contribution is 2.23. The molecule has 1 aromatic heterocycles. The van der Waals surface area contributed by atoms with Gasteiger partial charge >= 0.3 is 0 Å². The lowest BCUT2D eigenvalue weighted by molar-refractivity contribution is 0.160. The molecular formula is C20H25FN2O2. The predicted octanol–water partition coefficient (Wildman–Crippen LogP) is 3.37. The molecule has 0 unspecified atom stereocenters. The number of benzene rings is 1. The number of aryl methyl sites for hydroxylation is 1. The lowest BCUT2D eigenvalue weighted by Gasteiger charge is -2.32. The number of nitrogens with zero attached hydrogens (tertiary/aromatic N) is 1. The number of hydrogen-bond acceptors (Lipinski definition) is 3. The summed E-state index contributed by atoms with van der Waals surface area (Å²) in [4.78, 5) is 17.4. The third-order valence-electron chi connectivity index (χ3n) is 4.88. The van der Waals surface area contributed by atoms with Crippen molar-refractivity contribution in [3.8, 4) is 5.75 Å². The highest BCUT2D eigenvalue weighted by atomic mass is 19.1. The fraction of sp³-hybridized carbons (Fsp3) is 0.450. The Hall–Kier alpha value is -2.14. The minimum Gasteiger partial charge on any atom is -0.491 e. The van der Waals surface area contributed by atoms with Crippen LogP contribution in [0.3, 0.4) is 0 Å². The molecule has 134 valence electrons. The Balaban J connectivity index is 1.54. The Labute approximate surface area is 147 Å². The summed E-state index contributed by atoms with van der Waals surface area (Å²) in [7, 11) is 1.50. The molecule has 1 fully saturated rings. The largest absolute Gasteiger partial charge is 0.491 e. The molecule has 25 heavy (non-hydrogen) atoms. The zero-order valence-corrected chi connectivity index (χ0v) is 14.6. The summed E-state index contributed by atoms with van der Waals surface area (Å²) >= 11 is 0. The first-order valence-electron chi connectivity index (χ1n) is 8.86. The number of hydrogen-bond donors (Lipinski definition) is 1. The number of aromatic nitrogens is 1. The van der Waals surface area contributed by atoms with Gasteiger partial charge in [-0.05, 0) is 55.8 Å². The Morgan fingerprint density at radius 1 is 1.36 bits per heavy atom. The average Bonchev–Trinajstić information content (AvgIpc) is 2.61. The van der Waals surface area contributed by atoms with Gasteiger partial charge in [0.25, 0.3) is 0 Å². The lowest BCUT2D eigenvalue weighted by Crippen LogP contribution is -2.35. The molecule has 5 heteroatoms. The fourth-order valence-electron chi connectivity index (χ4n) is 3.59. The van der Waals surface area contributed by atoms with Gasteiger partial charge in [-0.3, -0.25) is 9.69 Å². The van der Waals surface area contributed by atoms with Crippen molar-refractivity contribution in [2.45, 2.75) is 32.2 Å². The van der Waals surface area contributed by atoms with E-state index in [1.807, 2.05) is 6.07 Å². The Morgan fingerprint density at radius 2 is 2.24 bits per heavy atom. The summed E-state index contributed by atoms with van der Waals surface area (Å²) in [6.07, 6.45) is 5.98. The van der Waals surface area contributed by atoms with Crippen molar-refractivity contribution in [1.29, 1.82) is 0 Å². The second kappa shape index (κ2) is 8.30. The van der Waals surface area contributed by atoms with E-state index in [0.29, 0.717) is 11.7 Å². The van der Waals surface area contributed by atoms with E-state index in [2.05, 4.69) is 9.88 Å². The number of pyridine rings is 1. The molecule has 0 radical (unpaired) electrons. The van der Waals surface area contributed by atoms with Crippen LogP contribution in [0.25, 0.3) is 0 Å². The van der Waals surface area contributed by atoms with Gasteiger partial charge in [-0.25, -0.2) is 4.39 Å². The minimum atomic E-state index is -0.161. The maximum Gasteiger partial charge on any atom is 0.223 e. The van der Waals surface area contributed by atoms with Crippen molar-refractivity contribution in [3.05, 3.63) is 63.8 Å². The second-order valence-electron chi connectivity index (χ2n) is 6.80. The molecule has 1 aliphatic rings. The predicted molar refractivity (Wildman–Crippen MR) is 96.3 cm³/mol. The Morgan fingerprint density at radius 3 is 3.00 bits per heavy atom. The van der Waals surface area contributed by atoms with Crippen LogP contribution in [0.15, 0.2) is 41.3 Å². The molecule has 3 rings (SSSR count). The molecule has 1 aromatic carbocycles. The maximum atomic E-state index is 13.3. The normalized spacial score (nSPS) is 18.2.